The number of hydrogen-bond donors (Lipinski definition) is 1. The molecule has 4 rings (SSSR count). The number of para-hydroxylation sites is 1. The van der Waals surface area contributed by atoms with Crippen molar-refractivity contribution in [3.63, 3.8) is 0 Å². The number of aromatic nitrogens is 1. The molecule has 0 spiro atoms. The van der Waals surface area contributed by atoms with E-state index in [0.29, 0.717) is 0 Å². The zero-order valence-corrected chi connectivity index (χ0v) is 20.2. The first-order valence-corrected chi connectivity index (χ1v) is 12.1. The van der Waals surface area contributed by atoms with Crippen LogP contribution in [-0.4, -0.2) is 34.8 Å². The fraction of sp³-hybridized carbons (Fsp3) is 0.346. The Hall–Kier alpha value is -3.03. The standard InChI is InChI=1S/C26H30N4O2S/c1-19-18-33-25(27-19)26(30(21(3)32)24-7-5-4-6-8-24)13-15-29(16-14-26)17-22-9-11-23(12-10-22)28-20(2)31/h4-12,18H,13-17H2,1-3H3,(H,28,31). The van der Waals surface area contributed by atoms with Gasteiger partial charge in [0.15, 0.2) is 0 Å². The molecule has 1 saturated heterocycles. The Morgan fingerprint density at radius 1 is 1.06 bits per heavy atom. The summed E-state index contributed by atoms with van der Waals surface area (Å²) in [6.45, 7) is 7.73. The van der Waals surface area contributed by atoms with E-state index >= 15 is 0 Å². The van der Waals surface area contributed by atoms with Crippen molar-refractivity contribution in [3.05, 3.63) is 76.2 Å². The number of rotatable bonds is 6. The number of carbonyl (C=O) groups is 2. The number of aryl methyl sites for hydroxylation is 1. The molecule has 2 heterocycles. The van der Waals surface area contributed by atoms with Crippen molar-refractivity contribution in [1.82, 2.24) is 9.88 Å². The van der Waals surface area contributed by atoms with Gasteiger partial charge in [0.05, 0.1) is 0 Å². The quantitative estimate of drug-likeness (QED) is 0.563. The van der Waals surface area contributed by atoms with Crippen LogP contribution in [0, 0.1) is 6.92 Å². The normalized spacial score (nSPS) is 15.7. The van der Waals surface area contributed by atoms with Crippen molar-refractivity contribution in [2.45, 2.75) is 45.7 Å². The summed E-state index contributed by atoms with van der Waals surface area (Å²) >= 11 is 1.65. The monoisotopic (exact) mass is 462 g/mol. The molecule has 172 valence electrons. The summed E-state index contributed by atoms with van der Waals surface area (Å²) in [7, 11) is 0. The largest absolute Gasteiger partial charge is 0.326 e. The lowest BCUT2D eigenvalue weighted by atomic mass is 9.85. The van der Waals surface area contributed by atoms with Crippen LogP contribution in [0.2, 0.25) is 0 Å². The third-order valence-electron chi connectivity index (χ3n) is 6.14. The van der Waals surface area contributed by atoms with E-state index in [-0.39, 0.29) is 11.8 Å². The third kappa shape index (κ3) is 5.15. The van der Waals surface area contributed by atoms with Gasteiger partial charge in [-0.1, -0.05) is 30.3 Å². The smallest absolute Gasteiger partial charge is 0.224 e. The van der Waals surface area contributed by atoms with Gasteiger partial charge in [-0.25, -0.2) is 4.98 Å². The van der Waals surface area contributed by atoms with Gasteiger partial charge in [0.1, 0.15) is 10.5 Å². The van der Waals surface area contributed by atoms with Crippen molar-refractivity contribution < 1.29 is 9.59 Å². The van der Waals surface area contributed by atoms with E-state index in [1.54, 1.807) is 18.3 Å². The minimum Gasteiger partial charge on any atom is -0.326 e. The summed E-state index contributed by atoms with van der Waals surface area (Å²) in [5.41, 5.74) is 3.47. The molecular weight excluding hydrogens is 432 g/mol. The van der Waals surface area contributed by atoms with Crippen LogP contribution in [0.5, 0.6) is 0 Å². The zero-order chi connectivity index (χ0) is 23.4. The average molecular weight is 463 g/mol. The second-order valence-electron chi connectivity index (χ2n) is 8.67. The molecule has 0 saturated carbocycles. The highest BCUT2D eigenvalue weighted by Crippen LogP contribution is 2.43. The van der Waals surface area contributed by atoms with Crippen molar-refractivity contribution in [3.8, 4) is 0 Å². The number of nitrogens with one attached hydrogen (secondary N) is 1. The highest BCUT2D eigenvalue weighted by molar-refractivity contribution is 7.09. The number of thiazole rings is 1. The molecule has 1 N–H and O–H groups in total. The summed E-state index contributed by atoms with van der Waals surface area (Å²) in [5, 5.41) is 5.89. The van der Waals surface area contributed by atoms with Crippen LogP contribution < -0.4 is 10.2 Å². The van der Waals surface area contributed by atoms with Gasteiger partial charge < -0.3 is 5.32 Å². The van der Waals surface area contributed by atoms with Crippen LogP contribution in [0.4, 0.5) is 11.4 Å². The lowest BCUT2D eigenvalue weighted by molar-refractivity contribution is -0.118. The molecule has 0 aliphatic carbocycles. The Morgan fingerprint density at radius 2 is 1.73 bits per heavy atom. The maximum Gasteiger partial charge on any atom is 0.224 e. The van der Waals surface area contributed by atoms with Crippen LogP contribution in [-0.2, 0) is 21.7 Å². The molecule has 7 heteroatoms. The van der Waals surface area contributed by atoms with Gasteiger partial charge in [-0.3, -0.25) is 19.4 Å². The highest BCUT2D eigenvalue weighted by Gasteiger charge is 2.45. The molecule has 2 amide bonds. The minimum absolute atomic E-state index is 0.0380. The zero-order valence-electron chi connectivity index (χ0n) is 19.4. The lowest BCUT2D eigenvalue weighted by Crippen LogP contribution is -2.55. The van der Waals surface area contributed by atoms with Crippen LogP contribution in [0.15, 0.2) is 60.0 Å². The number of piperidine rings is 1. The Morgan fingerprint density at radius 3 is 2.27 bits per heavy atom. The van der Waals surface area contributed by atoms with E-state index in [0.717, 1.165) is 54.6 Å². The number of anilines is 2. The first kappa shape index (κ1) is 23.1. The molecule has 0 unspecified atom stereocenters. The molecule has 0 atom stereocenters. The number of amides is 2. The molecule has 0 bridgehead atoms. The summed E-state index contributed by atoms with van der Waals surface area (Å²) in [6, 6.07) is 17.9. The van der Waals surface area contributed by atoms with Crippen molar-refractivity contribution in [2.24, 2.45) is 0 Å². The van der Waals surface area contributed by atoms with Gasteiger partial charge in [-0.2, -0.15) is 0 Å². The van der Waals surface area contributed by atoms with Gasteiger partial charge in [-0.15, -0.1) is 11.3 Å². The van der Waals surface area contributed by atoms with Crippen LogP contribution in [0.1, 0.15) is 43.0 Å². The molecule has 1 aromatic heterocycles. The first-order chi connectivity index (χ1) is 15.9. The third-order valence-corrected chi connectivity index (χ3v) is 7.29. The Kier molecular flexibility index (Phi) is 6.91. The Bertz CT molecular complexity index is 1100. The van der Waals surface area contributed by atoms with Crippen molar-refractivity contribution >= 4 is 34.5 Å². The summed E-state index contributed by atoms with van der Waals surface area (Å²) in [5.74, 6) is -0.0305. The molecule has 0 radical (unpaired) electrons. The highest BCUT2D eigenvalue weighted by atomic mass is 32.1. The number of nitrogens with zero attached hydrogens (tertiary/aromatic N) is 3. The number of carbonyl (C=O) groups excluding carboxylic acids is 2. The van der Waals surface area contributed by atoms with Gasteiger partial charge in [0, 0.05) is 55.9 Å². The summed E-state index contributed by atoms with van der Waals surface area (Å²) in [6.07, 6.45) is 1.64. The van der Waals surface area contributed by atoms with E-state index in [4.69, 9.17) is 4.98 Å². The first-order valence-electron chi connectivity index (χ1n) is 11.2. The van der Waals surface area contributed by atoms with E-state index in [9.17, 15) is 9.59 Å². The molecular formula is C26H30N4O2S. The minimum atomic E-state index is -0.447. The topological polar surface area (TPSA) is 65.5 Å². The van der Waals surface area contributed by atoms with Crippen LogP contribution in [0.25, 0.3) is 0 Å². The maximum atomic E-state index is 13.0. The summed E-state index contributed by atoms with van der Waals surface area (Å²) in [4.78, 5) is 33.5. The van der Waals surface area contributed by atoms with E-state index in [1.807, 2.05) is 54.3 Å². The number of hydrogen-bond acceptors (Lipinski definition) is 5. The van der Waals surface area contributed by atoms with Gasteiger partial charge in [0.25, 0.3) is 0 Å². The van der Waals surface area contributed by atoms with Crippen LogP contribution in [0.3, 0.4) is 0 Å². The summed E-state index contributed by atoms with van der Waals surface area (Å²) < 4.78 is 0. The molecule has 1 fully saturated rings. The second-order valence-corrected chi connectivity index (χ2v) is 9.53. The molecule has 1 aliphatic heterocycles. The predicted molar refractivity (Wildman–Crippen MR) is 133 cm³/mol. The molecule has 1 aliphatic rings. The fourth-order valence-corrected chi connectivity index (χ4v) is 5.69. The van der Waals surface area contributed by atoms with Gasteiger partial charge >= 0.3 is 0 Å². The Balaban J connectivity index is 1.56. The molecule has 3 aromatic rings. The van der Waals surface area contributed by atoms with Crippen molar-refractivity contribution in [2.75, 3.05) is 23.3 Å². The number of benzene rings is 2. The second kappa shape index (κ2) is 9.85. The van der Waals surface area contributed by atoms with Gasteiger partial charge in [-0.05, 0) is 49.6 Å². The van der Waals surface area contributed by atoms with E-state index in [2.05, 4.69) is 27.7 Å². The maximum absolute atomic E-state index is 13.0. The average Bonchev–Trinajstić information content (AvgIpc) is 3.23. The van der Waals surface area contributed by atoms with E-state index in [1.165, 1.54) is 12.5 Å². The fourth-order valence-electron chi connectivity index (χ4n) is 4.64. The number of likely N-dealkylation sites (tertiary alicyclic amines) is 1. The van der Waals surface area contributed by atoms with Gasteiger partial charge in [0.2, 0.25) is 11.8 Å². The van der Waals surface area contributed by atoms with E-state index < -0.39 is 5.54 Å². The lowest BCUT2D eigenvalue weighted by Gasteiger charge is -2.47. The van der Waals surface area contributed by atoms with Crippen molar-refractivity contribution in [1.29, 1.82) is 0 Å². The Labute approximate surface area is 199 Å². The SMILES string of the molecule is CC(=O)Nc1ccc(CN2CCC(c3nc(C)cs3)(N(C(C)=O)c3ccccc3)CC2)cc1. The van der Waals surface area contributed by atoms with Crippen LogP contribution >= 0.6 is 11.3 Å². The molecule has 6 nitrogen and oxygen atoms in total. The predicted octanol–water partition coefficient (Wildman–Crippen LogP) is 4.95. The molecule has 33 heavy (non-hydrogen) atoms. The molecule has 2 aromatic carbocycles.